The molecule has 3 rings (SSSR count). The van der Waals surface area contributed by atoms with Crippen LogP contribution in [0.25, 0.3) is 0 Å². The smallest absolute Gasteiger partial charge is 0.407 e. The lowest BCUT2D eigenvalue weighted by Gasteiger charge is -2.34. The number of fused-ring (bicyclic) bond motifs is 2. The first-order valence-electron chi connectivity index (χ1n) is 8.97. The summed E-state index contributed by atoms with van der Waals surface area (Å²) in [5.41, 5.74) is 1.23. The molecule has 9 nitrogen and oxygen atoms in total. The fourth-order valence-electron chi connectivity index (χ4n) is 4.16. The Labute approximate surface area is 156 Å². The van der Waals surface area contributed by atoms with E-state index >= 15 is 0 Å². The van der Waals surface area contributed by atoms with Gasteiger partial charge in [-0.05, 0) is 30.4 Å². The number of piperazine rings is 1. The lowest BCUT2D eigenvalue weighted by atomic mass is 9.92. The number of nitro groups is 1. The summed E-state index contributed by atoms with van der Waals surface area (Å²) in [6.07, 6.45) is 0.574. The van der Waals surface area contributed by atoms with Crippen LogP contribution in [0.1, 0.15) is 37.7 Å². The van der Waals surface area contributed by atoms with Gasteiger partial charge in [0.1, 0.15) is 5.69 Å². The van der Waals surface area contributed by atoms with Crippen molar-refractivity contribution in [2.75, 3.05) is 25.1 Å². The largest absolute Gasteiger partial charge is 0.469 e. The lowest BCUT2D eigenvalue weighted by Crippen LogP contribution is -2.48. The van der Waals surface area contributed by atoms with Gasteiger partial charge in [-0.1, -0.05) is 13.0 Å². The van der Waals surface area contributed by atoms with E-state index in [1.807, 2.05) is 17.9 Å². The second-order valence-corrected chi connectivity index (χ2v) is 7.02. The molecule has 2 aliphatic heterocycles. The minimum Gasteiger partial charge on any atom is -0.469 e. The molecule has 2 bridgehead atoms. The van der Waals surface area contributed by atoms with Gasteiger partial charge in [-0.3, -0.25) is 14.9 Å². The van der Waals surface area contributed by atoms with Gasteiger partial charge in [0.25, 0.3) is 5.69 Å². The minimum atomic E-state index is -0.944. The second-order valence-electron chi connectivity index (χ2n) is 7.02. The van der Waals surface area contributed by atoms with Gasteiger partial charge in [0.2, 0.25) is 0 Å². The van der Waals surface area contributed by atoms with Gasteiger partial charge >= 0.3 is 12.1 Å². The molecular formula is C18H23N3O6. The van der Waals surface area contributed by atoms with Crippen LogP contribution in [-0.2, 0) is 9.53 Å². The number of methoxy groups -OCH3 is 1. The number of hydrogen-bond acceptors (Lipinski definition) is 6. The maximum absolute atomic E-state index is 11.7. The molecule has 2 aliphatic rings. The van der Waals surface area contributed by atoms with Crippen LogP contribution in [0.2, 0.25) is 0 Å². The van der Waals surface area contributed by atoms with Gasteiger partial charge < -0.3 is 19.6 Å². The maximum atomic E-state index is 11.7. The fraction of sp³-hybridized carbons (Fsp3) is 0.556. The average molecular weight is 377 g/mol. The summed E-state index contributed by atoms with van der Waals surface area (Å²) in [7, 11) is 1.32. The predicted octanol–water partition coefficient (Wildman–Crippen LogP) is 2.59. The number of hydrogen-bond donors (Lipinski definition) is 1. The van der Waals surface area contributed by atoms with Gasteiger partial charge in [0, 0.05) is 25.2 Å². The van der Waals surface area contributed by atoms with Crippen LogP contribution >= 0.6 is 0 Å². The van der Waals surface area contributed by atoms with E-state index in [1.54, 1.807) is 6.07 Å². The number of carboxylic acid groups (broad SMARTS) is 1. The van der Waals surface area contributed by atoms with Crippen LogP contribution in [0.5, 0.6) is 0 Å². The van der Waals surface area contributed by atoms with Crippen molar-refractivity contribution in [3.05, 3.63) is 33.9 Å². The van der Waals surface area contributed by atoms with Crippen LogP contribution in [0, 0.1) is 10.1 Å². The van der Waals surface area contributed by atoms with E-state index in [4.69, 9.17) is 4.74 Å². The van der Waals surface area contributed by atoms with Gasteiger partial charge in [0.05, 0.1) is 24.5 Å². The zero-order chi connectivity index (χ0) is 19.7. The summed E-state index contributed by atoms with van der Waals surface area (Å²) in [6.45, 7) is 2.74. The number of rotatable bonds is 6. The van der Waals surface area contributed by atoms with Gasteiger partial charge in [0.15, 0.2) is 0 Å². The number of nitrogens with zero attached hydrogens (tertiary/aromatic N) is 3. The molecule has 2 saturated heterocycles. The third kappa shape index (κ3) is 3.54. The highest BCUT2D eigenvalue weighted by Crippen LogP contribution is 2.40. The van der Waals surface area contributed by atoms with Crippen LogP contribution < -0.4 is 4.90 Å². The molecule has 3 atom stereocenters. The Morgan fingerprint density at radius 3 is 2.63 bits per heavy atom. The highest BCUT2D eigenvalue weighted by molar-refractivity contribution is 5.72. The highest BCUT2D eigenvalue weighted by atomic mass is 16.6. The molecule has 9 heteroatoms. The molecule has 27 heavy (non-hydrogen) atoms. The van der Waals surface area contributed by atoms with Crippen LogP contribution in [0.3, 0.4) is 0 Å². The first-order chi connectivity index (χ1) is 12.8. The molecule has 1 aromatic carbocycles. The van der Waals surface area contributed by atoms with Crippen molar-refractivity contribution in [2.45, 2.75) is 44.2 Å². The van der Waals surface area contributed by atoms with Gasteiger partial charge in [-0.25, -0.2) is 4.79 Å². The van der Waals surface area contributed by atoms with E-state index < -0.39 is 11.0 Å². The Hall–Kier alpha value is -2.84. The summed E-state index contributed by atoms with van der Waals surface area (Å²) < 4.78 is 4.72. The molecule has 1 aromatic rings. The van der Waals surface area contributed by atoms with Gasteiger partial charge in [-0.15, -0.1) is 0 Å². The SMILES string of the molecule is CCC(CC(=O)OC)c1ccc(N2CC3CC2CN3C(=O)O)c([N+](=O)[O-])c1. The Kier molecular flexibility index (Phi) is 5.20. The van der Waals surface area contributed by atoms with Crippen molar-refractivity contribution in [3.8, 4) is 0 Å². The third-order valence-electron chi connectivity index (χ3n) is 5.60. The number of likely N-dealkylation sites (tertiary alicyclic amines) is 1. The molecule has 2 heterocycles. The normalized spacial score (nSPS) is 22.0. The Morgan fingerprint density at radius 1 is 1.37 bits per heavy atom. The molecule has 3 unspecified atom stereocenters. The average Bonchev–Trinajstić information content (AvgIpc) is 3.26. The minimum absolute atomic E-state index is 0.00904. The number of carbonyl (C=O) groups is 2. The molecule has 0 radical (unpaired) electrons. The standard InChI is InChI=1S/C18H23N3O6/c1-3-11(7-17(22)27-2)12-4-5-15(16(6-12)21(25)26)19-9-14-8-13(19)10-20(14)18(23)24/h4-6,11,13-14H,3,7-10H2,1-2H3,(H,23,24). The molecule has 0 aromatic heterocycles. The number of anilines is 1. The highest BCUT2D eigenvalue weighted by Gasteiger charge is 2.46. The van der Waals surface area contributed by atoms with Crippen molar-refractivity contribution in [1.82, 2.24) is 4.90 Å². The first kappa shape index (κ1) is 18.9. The van der Waals surface area contributed by atoms with E-state index in [0.717, 1.165) is 5.56 Å². The molecule has 0 saturated carbocycles. The van der Waals surface area contributed by atoms with Crippen LogP contribution in [-0.4, -0.2) is 59.3 Å². The molecule has 146 valence electrons. The monoisotopic (exact) mass is 377 g/mol. The van der Waals surface area contributed by atoms with Crippen molar-refractivity contribution in [1.29, 1.82) is 0 Å². The molecule has 2 fully saturated rings. The van der Waals surface area contributed by atoms with Crippen molar-refractivity contribution in [3.63, 3.8) is 0 Å². The number of amides is 1. The molecule has 1 N–H and O–H groups in total. The second kappa shape index (κ2) is 7.42. The van der Waals surface area contributed by atoms with Crippen LogP contribution in [0.15, 0.2) is 18.2 Å². The molecule has 1 amide bonds. The summed E-state index contributed by atoms with van der Waals surface area (Å²) in [4.78, 5) is 37.5. The summed E-state index contributed by atoms with van der Waals surface area (Å²) >= 11 is 0. The van der Waals surface area contributed by atoms with E-state index in [1.165, 1.54) is 18.1 Å². The number of carbonyl (C=O) groups excluding carboxylic acids is 1. The Morgan fingerprint density at radius 2 is 2.11 bits per heavy atom. The summed E-state index contributed by atoms with van der Waals surface area (Å²) in [5, 5.41) is 20.9. The van der Waals surface area contributed by atoms with E-state index in [9.17, 15) is 24.8 Å². The fourth-order valence-corrected chi connectivity index (χ4v) is 4.16. The quantitative estimate of drug-likeness (QED) is 0.460. The Balaban J connectivity index is 1.87. The number of esters is 1. The predicted molar refractivity (Wildman–Crippen MR) is 97.0 cm³/mol. The third-order valence-corrected chi connectivity index (χ3v) is 5.60. The zero-order valence-electron chi connectivity index (χ0n) is 15.3. The van der Waals surface area contributed by atoms with E-state index in [0.29, 0.717) is 31.6 Å². The van der Waals surface area contributed by atoms with E-state index in [-0.39, 0.29) is 36.1 Å². The number of nitro benzene ring substituents is 1. The molecular weight excluding hydrogens is 354 g/mol. The first-order valence-corrected chi connectivity index (χ1v) is 8.97. The maximum Gasteiger partial charge on any atom is 0.407 e. The number of benzene rings is 1. The Bertz CT molecular complexity index is 767. The summed E-state index contributed by atoms with van der Waals surface area (Å²) in [5.74, 6) is -0.498. The topological polar surface area (TPSA) is 113 Å². The van der Waals surface area contributed by atoms with Crippen molar-refractivity contribution < 1.29 is 24.4 Å². The summed E-state index contributed by atoms with van der Waals surface area (Å²) in [6, 6.07) is 4.90. The van der Waals surface area contributed by atoms with E-state index in [2.05, 4.69) is 0 Å². The van der Waals surface area contributed by atoms with Crippen molar-refractivity contribution in [2.24, 2.45) is 0 Å². The van der Waals surface area contributed by atoms with Crippen LogP contribution in [0.4, 0.5) is 16.2 Å². The lowest BCUT2D eigenvalue weighted by molar-refractivity contribution is -0.384. The number of ether oxygens (including phenoxy) is 1. The van der Waals surface area contributed by atoms with Crippen molar-refractivity contribution >= 4 is 23.4 Å². The molecule has 0 aliphatic carbocycles. The zero-order valence-corrected chi connectivity index (χ0v) is 15.3. The molecule has 0 spiro atoms. The van der Waals surface area contributed by atoms with Gasteiger partial charge in [-0.2, -0.15) is 0 Å².